The molecular weight excluding hydrogens is 775 g/mol. The molecule has 0 radical (unpaired) electrons. The molecule has 0 spiro atoms. The van der Waals surface area contributed by atoms with Gasteiger partial charge in [0.15, 0.2) is 6.10 Å². The van der Waals surface area contributed by atoms with E-state index in [1.807, 2.05) is 0 Å². The monoisotopic (exact) mass is 864 g/mol. The summed E-state index contributed by atoms with van der Waals surface area (Å²) in [6.45, 7) is 4.46. The van der Waals surface area contributed by atoms with Gasteiger partial charge >= 0.3 is 11.9 Å². The molecule has 0 aliphatic heterocycles. The number of hydrogen-bond acceptors (Lipinski definition) is 7. The fourth-order valence-corrected chi connectivity index (χ4v) is 6.46. The molecule has 0 N–H and O–H groups in total. The summed E-state index contributed by atoms with van der Waals surface area (Å²) in [6.07, 6.45) is 58.6. The third kappa shape index (κ3) is 41.6. The summed E-state index contributed by atoms with van der Waals surface area (Å²) in [4.78, 5) is 37.0. The molecule has 0 rings (SSSR count). The van der Waals surface area contributed by atoms with E-state index in [2.05, 4.69) is 111 Å². The molecule has 62 heavy (non-hydrogen) atoms. The van der Waals surface area contributed by atoms with Crippen molar-refractivity contribution < 1.29 is 38.2 Å². The molecule has 0 aliphatic carbocycles. The molecule has 0 aromatic carbocycles. The Morgan fingerprint density at radius 3 is 1.37 bits per heavy atom. The van der Waals surface area contributed by atoms with Gasteiger partial charge in [0, 0.05) is 19.3 Å². The zero-order valence-electron chi connectivity index (χ0n) is 40.0. The van der Waals surface area contributed by atoms with Crippen LogP contribution in [0.4, 0.5) is 0 Å². The van der Waals surface area contributed by atoms with Gasteiger partial charge in [0.1, 0.15) is 12.6 Å². The molecule has 0 bridgehead atoms. The third-order valence-electron chi connectivity index (χ3n) is 10.2. The van der Waals surface area contributed by atoms with Crippen LogP contribution < -0.4 is 5.11 Å². The highest BCUT2D eigenvalue weighted by atomic mass is 16.6. The number of carboxylic acid groups (broad SMARTS) is 1. The van der Waals surface area contributed by atoms with Crippen molar-refractivity contribution >= 4 is 17.9 Å². The lowest BCUT2D eigenvalue weighted by Crippen LogP contribution is -2.55. The minimum atomic E-state index is -1.14. The first kappa shape index (κ1) is 58.2. The molecule has 0 aliphatic rings. The Kier molecular flexibility index (Phi) is 41.2. The van der Waals surface area contributed by atoms with E-state index in [0.29, 0.717) is 12.8 Å². The number of carboxylic acids is 1. The predicted octanol–water partition coefficient (Wildman–Crippen LogP) is 12.5. The van der Waals surface area contributed by atoms with Gasteiger partial charge in [0.05, 0.1) is 40.3 Å². The highest BCUT2D eigenvalue weighted by Gasteiger charge is 2.25. The van der Waals surface area contributed by atoms with Crippen LogP contribution in [0, 0.1) is 0 Å². The maximum Gasteiger partial charge on any atom is 0.306 e. The van der Waals surface area contributed by atoms with Crippen molar-refractivity contribution in [2.24, 2.45) is 0 Å². The average Bonchev–Trinajstić information content (AvgIpc) is 3.23. The van der Waals surface area contributed by atoms with Crippen molar-refractivity contribution in [3.8, 4) is 0 Å². The smallest absolute Gasteiger partial charge is 0.306 e. The highest BCUT2D eigenvalue weighted by Crippen LogP contribution is 2.13. The summed E-state index contributed by atoms with van der Waals surface area (Å²) < 4.78 is 17.2. The van der Waals surface area contributed by atoms with Crippen molar-refractivity contribution in [2.45, 2.75) is 187 Å². The van der Waals surface area contributed by atoms with E-state index in [-0.39, 0.29) is 49.1 Å². The van der Waals surface area contributed by atoms with Crippen molar-refractivity contribution in [1.29, 1.82) is 0 Å². The topological polar surface area (TPSA) is 102 Å². The lowest BCUT2D eigenvalue weighted by atomic mass is 10.1. The number of carbonyl (C=O) groups is 3. The van der Waals surface area contributed by atoms with Crippen LogP contribution in [0.15, 0.2) is 97.2 Å². The van der Waals surface area contributed by atoms with Crippen molar-refractivity contribution in [1.82, 2.24) is 0 Å². The lowest BCUT2D eigenvalue weighted by Gasteiger charge is -2.34. The lowest BCUT2D eigenvalue weighted by molar-refractivity contribution is -0.889. The van der Waals surface area contributed by atoms with Gasteiger partial charge in [-0.2, -0.15) is 0 Å². The van der Waals surface area contributed by atoms with E-state index in [1.54, 1.807) is 21.1 Å². The molecule has 0 saturated heterocycles. The molecule has 2 unspecified atom stereocenters. The van der Waals surface area contributed by atoms with Crippen molar-refractivity contribution in [3.05, 3.63) is 97.2 Å². The Labute approximate surface area is 379 Å². The predicted molar refractivity (Wildman–Crippen MR) is 258 cm³/mol. The highest BCUT2D eigenvalue weighted by molar-refractivity contribution is 5.70. The third-order valence-corrected chi connectivity index (χ3v) is 10.2. The standard InChI is InChI=1S/C54H89NO7/c1-6-8-10-12-14-16-18-20-22-24-25-26-27-29-31-33-35-37-39-41-43-45-53(57)62-50(48-60-47-46-51(54(58)59)55(3,4)5)49-61-52(56)44-42-40-38-36-34-32-30-28-23-21-19-17-15-13-11-9-7-2/h8,10,14-17,20-23,25-26,29,31,35,37,50-51H,6-7,9,11-13,18-19,24,27-28,30,32-34,36,38-49H2,1-5H3/b10-8+,16-14+,17-15+,22-20+,23-21+,26-25+,31-29+,37-35+. The van der Waals surface area contributed by atoms with E-state index in [0.717, 1.165) is 83.5 Å². The summed E-state index contributed by atoms with van der Waals surface area (Å²) >= 11 is 0. The zero-order chi connectivity index (χ0) is 45.6. The van der Waals surface area contributed by atoms with E-state index in [1.165, 1.54) is 51.4 Å². The number of likely N-dealkylation sites (N-methyl/N-ethyl adjacent to an activating group) is 1. The first-order valence-electron chi connectivity index (χ1n) is 24.3. The van der Waals surface area contributed by atoms with Crippen molar-refractivity contribution in [2.75, 3.05) is 41.0 Å². The number of allylic oxidation sites excluding steroid dienone is 16. The molecule has 0 aromatic rings. The van der Waals surface area contributed by atoms with E-state index < -0.39 is 18.1 Å². The van der Waals surface area contributed by atoms with Gasteiger partial charge in [0.25, 0.3) is 0 Å². The van der Waals surface area contributed by atoms with Crippen LogP contribution in [0.2, 0.25) is 0 Å². The number of carbonyl (C=O) groups excluding carboxylic acids is 3. The minimum Gasteiger partial charge on any atom is -0.544 e. The number of aliphatic carboxylic acids is 1. The van der Waals surface area contributed by atoms with Crippen LogP contribution in [-0.2, 0) is 28.6 Å². The number of unbranched alkanes of at least 4 members (excludes halogenated alkanes) is 12. The maximum atomic E-state index is 12.8. The second kappa shape index (κ2) is 43.9. The minimum absolute atomic E-state index is 0.0143. The molecule has 0 fully saturated rings. The van der Waals surface area contributed by atoms with Crippen LogP contribution in [0.1, 0.15) is 174 Å². The zero-order valence-corrected chi connectivity index (χ0v) is 40.0. The number of rotatable bonds is 42. The summed E-state index contributed by atoms with van der Waals surface area (Å²) in [5.41, 5.74) is 0. The maximum absolute atomic E-state index is 12.8. The molecule has 0 heterocycles. The Morgan fingerprint density at radius 1 is 0.500 bits per heavy atom. The Balaban J connectivity index is 4.42. The summed E-state index contributed by atoms with van der Waals surface area (Å²) in [7, 11) is 5.38. The van der Waals surface area contributed by atoms with Gasteiger partial charge in [-0.3, -0.25) is 9.59 Å². The van der Waals surface area contributed by atoms with Crippen molar-refractivity contribution in [3.63, 3.8) is 0 Å². The summed E-state index contributed by atoms with van der Waals surface area (Å²) in [5, 5.41) is 11.7. The molecule has 8 nitrogen and oxygen atoms in total. The number of esters is 2. The van der Waals surface area contributed by atoms with Gasteiger partial charge < -0.3 is 28.6 Å². The van der Waals surface area contributed by atoms with Crippen LogP contribution in [0.3, 0.4) is 0 Å². The first-order chi connectivity index (χ1) is 30.1. The molecule has 352 valence electrons. The van der Waals surface area contributed by atoms with E-state index in [9.17, 15) is 19.5 Å². The Hall–Kier alpha value is -3.75. The van der Waals surface area contributed by atoms with Gasteiger partial charge in [-0.15, -0.1) is 0 Å². The van der Waals surface area contributed by atoms with E-state index >= 15 is 0 Å². The van der Waals surface area contributed by atoms with Gasteiger partial charge in [-0.1, -0.05) is 156 Å². The number of quaternary nitrogens is 1. The fourth-order valence-electron chi connectivity index (χ4n) is 6.46. The summed E-state index contributed by atoms with van der Waals surface area (Å²) in [5.74, 6) is -1.81. The SMILES string of the molecule is CC/C=C/C/C=C/C/C=C/C/C=C/C/C=C/C/C=C/CCCCC(=O)OC(COCCC(C(=O)[O-])[N+](C)(C)C)COC(=O)CCCCCCCCC/C=C/C/C=C/CCCCC. The fraction of sp³-hybridized carbons (Fsp3) is 0.648. The summed E-state index contributed by atoms with van der Waals surface area (Å²) in [6, 6.07) is -0.741. The molecule has 8 heteroatoms. The molecule has 2 atom stereocenters. The van der Waals surface area contributed by atoms with Crippen LogP contribution in [0.5, 0.6) is 0 Å². The average molecular weight is 864 g/mol. The van der Waals surface area contributed by atoms with E-state index in [4.69, 9.17) is 14.2 Å². The number of nitrogens with zero attached hydrogens (tertiary/aromatic N) is 1. The molecule has 0 aromatic heterocycles. The molecular formula is C54H89NO7. The second-order valence-electron chi connectivity index (χ2n) is 17.0. The number of ether oxygens (including phenoxy) is 3. The van der Waals surface area contributed by atoms with Crippen LogP contribution in [0.25, 0.3) is 0 Å². The van der Waals surface area contributed by atoms with Crippen LogP contribution >= 0.6 is 0 Å². The van der Waals surface area contributed by atoms with Gasteiger partial charge in [-0.05, 0) is 96.3 Å². The first-order valence-corrected chi connectivity index (χ1v) is 24.3. The molecule has 0 amide bonds. The second-order valence-corrected chi connectivity index (χ2v) is 17.0. The van der Waals surface area contributed by atoms with Crippen LogP contribution in [-0.4, -0.2) is 75.5 Å². The Bertz CT molecular complexity index is 1330. The number of hydrogen-bond donors (Lipinski definition) is 0. The Morgan fingerprint density at radius 2 is 0.903 bits per heavy atom. The molecule has 0 saturated carbocycles. The largest absolute Gasteiger partial charge is 0.544 e. The van der Waals surface area contributed by atoms with Gasteiger partial charge in [0.2, 0.25) is 0 Å². The normalized spacial score (nSPS) is 13.8. The van der Waals surface area contributed by atoms with Gasteiger partial charge in [-0.25, -0.2) is 0 Å². The quantitative estimate of drug-likeness (QED) is 0.0261.